The fourth-order valence-corrected chi connectivity index (χ4v) is 7.93. The standard InChI is InChI=1S/C47H87NO12S/c1-3-5-7-9-10-11-12-13-14-15-16-17-18-19-20-21-22-23-24-25-26-27-28-29-30-31-32-34-36-41(51)46(54)48-39(40(50)35-33-8-6-4-2)38-58-47-44(53)45(60-61(55,56)57)43(52)42(37-49)59-47/h16-17,19-20,33,35,39-45,47,49-53H,3-15,18,21-32,34,36-38H2,1-2H3,(H,48,54)(H,55,56,57)/b17-16-,20-19-,35-33+. The normalized spacial score (nSPS) is 21.5. The van der Waals surface area contributed by atoms with Crippen molar-refractivity contribution in [2.24, 2.45) is 0 Å². The summed E-state index contributed by atoms with van der Waals surface area (Å²) in [6.45, 7) is 3.02. The highest BCUT2D eigenvalue weighted by Gasteiger charge is 2.48. The Bertz CT molecular complexity index is 1250. The number of allylic oxidation sites excluding steroid dienone is 5. The summed E-state index contributed by atoms with van der Waals surface area (Å²) in [7, 11) is -5.11. The number of amides is 1. The third kappa shape index (κ3) is 30.1. The van der Waals surface area contributed by atoms with Crippen LogP contribution in [-0.4, -0.2) is 107 Å². The van der Waals surface area contributed by atoms with Crippen molar-refractivity contribution in [3.8, 4) is 0 Å². The van der Waals surface area contributed by atoms with Gasteiger partial charge in [-0.05, 0) is 44.9 Å². The highest BCUT2D eigenvalue weighted by atomic mass is 32.3. The van der Waals surface area contributed by atoms with Crippen LogP contribution in [0.4, 0.5) is 0 Å². The minimum Gasteiger partial charge on any atom is -0.394 e. The van der Waals surface area contributed by atoms with E-state index in [2.05, 4.69) is 40.7 Å². The quantitative estimate of drug-likeness (QED) is 0.0175. The Labute approximate surface area is 369 Å². The number of unbranched alkanes of at least 4 members (excludes halogenated alkanes) is 23. The topological polar surface area (TPSA) is 212 Å². The lowest BCUT2D eigenvalue weighted by molar-refractivity contribution is -0.298. The molecule has 7 N–H and O–H groups in total. The van der Waals surface area contributed by atoms with Crippen molar-refractivity contribution >= 4 is 16.3 Å². The summed E-state index contributed by atoms with van der Waals surface area (Å²) >= 11 is 0. The molecule has 13 nitrogen and oxygen atoms in total. The average molecular weight is 890 g/mol. The number of aliphatic hydroxyl groups excluding tert-OH is 5. The van der Waals surface area contributed by atoms with Crippen molar-refractivity contribution in [1.82, 2.24) is 5.32 Å². The summed E-state index contributed by atoms with van der Waals surface area (Å²) in [6, 6.07) is -1.12. The van der Waals surface area contributed by atoms with Crippen LogP contribution < -0.4 is 5.32 Å². The first-order valence-corrected chi connectivity index (χ1v) is 25.3. The summed E-state index contributed by atoms with van der Waals surface area (Å²) in [5.41, 5.74) is 0. The number of hydrogen-bond donors (Lipinski definition) is 7. The number of rotatable bonds is 40. The van der Waals surface area contributed by atoms with Crippen LogP contribution in [0.15, 0.2) is 36.5 Å². The van der Waals surface area contributed by atoms with Gasteiger partial charge in [-0.1, -0.05) is 185 Å². The molecule has 1 amide bonds. The maximum atomic E-state index is 13.0. The number of ether oxygens (including phenoxy) is 2. The molecule has 61 heavy (non-hydrogen) atoms. The molecule has 358 valence electrons. The van der Waals surface area contributed by atoms with E-state index >= 15 is 0 Å². The highest BCUT2D eigenvalue weighted by molar-refractivity contribution is 7.80. The zero-order valence-corrected chi connectivity index (χ0v) is 38.7. The van der Waals surface area contributed by atoms with Crippen LogP contribution in [0, 0.1) is 0 Å². The van der Waals surface area contributed by atoms with E-state index in [0.717, 1.165) is 38.5 Å². The lowest BCUT2D eigenvalue weighted by atomic mass is 9.99. The van der Waals surface area contributed by atoms with Gasteiger partial charge in [0.15, 0.2) is 6.29 Å². The number of carbonyl (C=O) groups is 1. The summed E-state index contributed by atoms with van der Waals surface area (Å²) < 4.78 is 47.1. The lowest BCUT2D eigenvalue weighted by Crippen LogP contribution is -2.61. The van der Waals surface area contributed by atoms with Crippen molar-refractivity contribution in [3.63, 3.8) is 0 Å². The van der Waals surface area contributed by atoms with Crippen molar-refractivity contribution < 1.29 is 57.0 Å². The molecule has 1 heterocycles. The van der Waals surface area contributed by atoms with Crippen molar-refractivity contribution in [2.45, 2.75) is 243 Å². The van der Waals surface area contributed by atoms with Gasteiger partial charge in [-0.15, -0.1) is 0 Å². The fraction of sp³-hybridized carbons (Fsp3) is 0.851. The molecule has 1 fully saturated rings. The Kier molecular flexibility index (Phi) is 35.4. The van der Waals surface area contributed by atoms with Gasteiger partial charge < -0.3 is 40.3 Å². The van der Waals surface area contributed by atoms with E-state index in [0.29, 0.717) is 12.8 Å². The molecular weight excluding hydrogens is 803 g/mol. The van der Waals surface area contributed by atoms with Crippen LogP contribution in [0.2, 0.25) is 0 Å². The zero-order chi connectivity index (χ0) is 45.0. The minimum absolute atomic E-state index is 0.239. The Balaban J connectivity index is 2.22. The summed E-state index contributed by atoms with van der Waals surface area (Å²) in [6.07, 6.45) is 33.5. The second kappa shape index (κ2) is 37.6. The van der Waals surface area contributed by atoms with Gasteiger partial charge in [0.1, 0.15) is 30.5 Å². The highest BCUT2D eigenvalue weighted by Crippen LogP contribution is 2.26. The molecule has 0 aromatic rings. The lowest BCUT2D eigenvalue weighted by Gasteiger charge is -2.41. The van der Waals surface area contributed by atoms with Crippen LogP contribution in [0.25, 0.3) is 0 Å². The third-order valence-electron chi connectivity index (χ3n) is 11.3. The molecule has 8 unspecified atom stereocenters. The zero-order valence-electron chi connectivity index (χ0n) is 37.8. The third-order valence-corrected chi connectivity index (χ3v) is 11.7. The number of nitrogens with one attached hydrogen (secondary N) is 1. The van der Waals surface area contributed by atoms with E-state index in [1.165, 1.54) is 128 Å². The summed E-state index contributed by atoms with van der Waals surface area (Å²) in [4.78, 5) is 13.0. The molecular formula is C47H87NO12S. The van der Waals surface area contributed by atoms with Crippen molar-refractivity contribution in [3.05, 3.63) is 36.5 Å². The van der Waals surface area contributed by atoms with Gasteiger partial charge in [-0.2, -0.15) is 8.42 Å². The molecule has 0 bridgehead atoms. The first-order chi connectivity index (χ1) is 29.4. The first kappa shape index (κ1) is 57.3. The first-order valence-electron chi connectivity index (χ1n) is 24.0. The van der Waals surface area contributed by atoms with E-state index < -0.39 is 78.5 Å². The van der Waals surface area contributed by atoms with Crippen molar-refractivity contribution in [1.29, 1.82) is 0 Å². The molecule has 0 aromatic heterocycles. The Morgan fingerprint density at radius 2 is 1.15 bits per heavy atom. The van der Waals surface area contributed by atoms with Gasteiger partial charge in [0.05, 0.1) is 25.4 Å². The summed E-state index contributed by atoms with van der Waals surface area (Å²) in [5, 5.41) is 54.6. The monoisotopic (exact) mass is 890 g/mol. The molecule has 0 aliphatic carbocycles. The predicted molar refractivity (Wildman–Crippen MR) is 242 cm³/mol. The molecule has 0 spiro atoms. The Morgan fingerprint density at radius 1 is 0.672 bits per heavy atom. The Hall–Kier alpha value is -1.72. The number of carbonyl (C=O) groups excluding carboxylic acids is 1. The maximum absolute atomic E-state index is 13.0. The van der Waals surface area contributed by atoms with Crippen LogP contribution in [0.5, 0.6) is 0 Å². The largest absolute Gasteiger partial charge is 0.397 e. The van der Waals surface area contributed by atoms with E-state index in [4.69, 9.17) is 14.0 Å². The molecule has 1 aliphatic rings. The fourth-order valence-electron chi connectivity index (χ4n) is 7.42. The minimum atomic E-state index is -5.11. The van der Waals surface area contributed by atoms with E-state index in [9.17, 15) is 38.7 Å². The number of aliphatic hydroxyl groups is 5. The molecule has 0 aromatic carbocycles. The molecule has 1 aliphatic heterocycles. The maximum Gasteiger partial charge on any atom is 0.397 e. The van der Waals surface area contributed by atoms with E-state index in [1.807, 2.05) is 6.92 Å². The summed E-state index contributed by atoms with van der Waals surface area (Å²) in [5.74, 6) is -0.713. The van der Waals surface area contributed by atoms with Gasteiger partial charge in [0, 0.05) is 0 Å². The molecule has 1 saturated heterocycles. The molecule has 0 saturated carbocycles. The number of hydrogen-bond acceptors (Lipinski definition) is 11. The van der Waals surface area contributed by atoms with E-state index in [-0.39, 0.29) is 6.42 Å². The molecule has 1 rings (SSSR count). The smallest absolute Gasteiger partial charge is 0.394 e. The van der Waals surface area contributed by atoms with Gasteiger partial charge >= 0.3 is 10.4 Å². The molecule has 0 radical (unpaired) electrons. The van der Waals surface area contributed by atoms with Gasteiger partial charge in [-0.25, -0.2) is 4.18 Å². The van der Waals surface area contributed by atoms with Crippen molar-refractivity contribution in [2.75, 3.05) is 13.2 Å². The van der Waals surface area contributed by atoms with Crippen LogP contribution in [0.1, 0.15) is 194 Å². The average Bonchev–Trinajstić information content (AvgIpc) is 3.23. The Morgan fingerprint density at radius 3 is 1.64 bits per heavy atom. The van der Waals surface area contributed by atoms with Crippen LogP contribution in [0.3, 0.4) is 0 Å². The molecule has 8 atom stereocenters. The second-order valence-electron chi connectivity index (χ2n) is 16.8. The SMILES string of the molecule is CCCC/C=C/C(O)C(COC1OC(CO)C(O)C(OS(=O)(=O)O)C1O)NC(=O)C(O)CCCCCCCCCCCCCC/C=C\C/C=C\CCCCCCCCCCC. The second-order valence-corrected chi connectivity index (χ2v) is 17.9. The van der Waals surface area contributed by atoms with Crippen LogP contribution >= 0.6 is 0 Å². The van der Waals surface area contributed by atoms with Crippen LogP contribution in [-0.2, 0) is 28.9 Å². The van der Waals surface area contributed by atoms with Gasteiger partial charge in [-0.3, -0.25) is 9.35 Å². The van der Waals surface area contributed by atoms with Gasteiger partial charge in [0.25, 0.3) is 0 Å². The van der Waals surface area contributed by atoms with Gasteiger partial charge in [0.2, 0.25) is 5.91 Å². The predicted octanol–water partition coefficient (Wildman–Crippen LogP) is 8.47. The van der Waals surface area contributed by atoms with E-state index in [1.54, 1.807) is 6.08 Å². The molecule has 14 heteroatoms.